The number of nitrogens with one attached hydrogen (secondary N) is 1. The molecule has 3 fully saturated rings. The van der Waals surface area contributed by atoms with E-state index in [-0.39, 0.29) is 23.7 Å². The van der Waals surface area contributed by atoms with E-state index in [1.165, 1.54) is 22.3 Å². The Kier molecular flexibility index (Phi) is 6.57. The first-order valence-electron chi connectivity index (χ1n) is 13.0. The lowest BCUT2D eigenvalue weighted by molar-refractivity contribution is -0.0353. The maximum absolute atomic E-state index is 13.0. The van der Waals surface area contributed by atoms with Crippen molar-refractivity contribution in [3.8, 4) is 16.9 Å². The van der Waals surface area contributed by atoms with E-state index in [0.29, 0.717) is 5.92 Å². The van der Waals surface area contributed by atoms with Crippen molar-refractivity contribution in [2.75, 3.05) is 26.2 Å². The second-order valence-electron chi connectivity index (χ2n) is 10.9. The summed E-state index contributed by atoms with van der Waals surface area (Å²) in [7, 11) is 0. The molecule has 34 heavy (non-hydrogen) atoms. The van der Waals surface area contributed by atoms with Crippen molar-refractivity contribution >= 4 is 6.09 Å². The molecular weight excluding hydrogens is 424 g/mol. The van der Waals surface area contributed by atoms with Gasteiger partial charge in [-0.1, -0.05) is 51.1 Å². The summed E-state index contributed by atoms with van der Waals surface area (Å²) in [6.07, 6.45) is 5.09. The van der Waals surface area contributed by atoms with Crippen molar-refractivity contribution in [2.24, 2.45) is 11.3 Å². The molecule has 2 bridgehead atoms. The molecule has 3 heterocycles. The normalized spacial score (nSPS) is 27.0. The SMILES string of the molecule is CCCOc1ccc(-c2ccc3c(c2)CCC(C)(C)[C@H]3NC(=O)O[C@H]2CN3CCC2CC3)cc1. The van der Waals surface area contributed by atoms with Crippen LogP contribution >= 0.6 is 0 Å². The van der Waals surface area contributed by atoms with E-state index in [9.17, 15) is 4.79 Å². The van der Waals surface area contributed by atoms with Crippen LogP contribution in [0.5, 0.6) is 5.75 Å². The molecule has 6 rings (SSSR count). The van der Waals surface area contributed by atoms with Crippen molar-refractivity contribution in [3.05, 3.63) is 53.6 Å². The lowest BCUT2D eigenvalue weighted by atomic mass is 9.70. The van der Waals surface area contributed by atoms with E-state index in [2.05, 4.69) is 61.3 Å². The van der Waals surface area contributed by atoms with E-state index in [0.717, 1.165) is 64.1 Å². The Morgan fingerprint density at radius 3 is 2.50 bits per heavy atom. The highest BCUT2D eigenvalue weighted by molar-refractivity contribution is 5.70. The molecule has 0 saturated carbocycles. The number of aryl methyl sites for hydroxylation is 1. The molecule has 2 atom stereocenters. The van der Waals surface area contributed by atoms with Gasteiger partial charge in [0, 0.05) is 6.54 Å². The van der Waals surface area contributed by atoms with Crippen molar-refractivity contribution in [3.63, 3.8) is 0 Å². The molecule has 5 nitrogen and oxygen atoms in total. The largest absolute Gasteiger partial charge is 0.494 e. The van der Waals surface area contributed by atoms with Crippen molar-refractivity contribution in [1.29, 1.82) is 0 Å². The van der Waals surface area contributed by atoms with Crippen LogP contribution in [-0.2, 0) is 11.2 Å². The van der Waals surface area contributed by atoms with Crippen molar-refractivity contribution < 1.29 is 14.3 Å². The quantitative estimate of drug-likeness (QED) is 0.574. The molecule has 4 aliphatic rings. The highest BCUT2D eigenvalue weighted by Crippen LogP contribution is 2.44. The minimum atomic E-state index is -0.267. The molecule has 182 valence electrons. The number of rotatable bonds is 6. The van der Waals surface area contributed by atoms with Gasteiger partial charge in [0.1, 0.15) is 11.9 Å². The summed E-state index contributed by atoms with van der Waals surface area (Å²) in [6.45, 7) is 10.5. The predicted octanol–water partition coefficient (Wildman–Crippen LogP) is 5.98. The molecule has 3 saturated heterocycles. The highest BCUT2D eigenvalue weighted by atomic mass is 16.6. The second-order valence-corrected chi connectivity index (χ2v) is 10.9. The fraction of sp³-hybridized carbons (Fsp3) is 0.552. The van der Waals surface area contributed by atoms with Crippen LogP contribution in [0.3, 0.4) is 0 Å². The van der Waals surface area contributed by atoms with Gasteiger partial charge in [-0.05, 0) is 90.9 Å². The number of alkyl carbamates (subject to hydrolysis) is 1. The number of nitrogens with zero attached hydrogens (tertiary/aromatic N) is 1. The molecule has 1 aliphatic carbocycles. The highest BCUT2D eigenvalue weighted by Gasteiger charge is 2.40. The fourth-order valence-electron chi connectivity index (χ4n) is 5.88. The van der Waals surface area contributed by atoms with Gasteiger partial charge in [0.05, 0.1) is 12.6 Å². The Morgan fingerprint density at radius 1 is 1.09 bits per heavy atom. The third-order valence-corrected chi connectivity index (χ3v) is 8.05. The van der Waals surface area contributed by atoms with Crippen molar-refractivity contribution in [2.45, 2.75) is 65.0 Å². The minimum absolute atomic E-state index is 0.0269. The van der Waals surface area contributed by atoms with Gasteiger partial charge in [0.15, 0.2) is 0 Å². The fourth-order valence-corrected chi connectivity index (χ4v) is 5.88. The van der Waals surface area contributed by atoms with E-state index < -0.39 is 0 Å². The average molecular weight is 463 g/mol. The Hall–Kier alpha value is -2.53. The Labute approximate surface area is 203 Å². The lowest BCUT2D eigenvalue weighted by Crippen LogP contribution is -2.53. The monoisotopic (exact) mass is 462 g/mol. The molecule has 2 aromatic carbocycles. The molecule has 1 N–H and O–H groups in total. The molecule has 2 aromatic rings. The molecule has 0 unspecified atom stereocenters. The van der Waals surface area contributed by atoms with E-state index in [4.69, 9.17) is 9.47 Å². The first-order chi connectivity index (χ1) is 16.4. The van der Waals surface area contributed by atoms with Gasteiger partial charge in [0.2, 0.25) is 0 Å². The van der Waals surface area contributed by atoms with Crippen LogP contribution in [0.25, 0.3) is 11.1 Å². The number of fused-ring (bicyclic) bond motifs is 4. The smallest absolute Gasteiger partial charge is 0.407 e. The molecule has 0 aromatic heterocycles. The summed E-state index contributed by atoms with van der Waals surface area (Å²) in [5.74, 6) is 1.43. The van der Waals surface area contributed by atoms with Gasteiger partial charge in [-0.3, -0.25) is 4.90 Å². The Balaban J connectivity index is 1.31. The van der Waals surface area contributed by atoms with Crippen LogP contribution in [0.1, 0.15) is 63.6 Å². The summed E-state index contributed by atoms with van der Waals surface area (Å²) in [5.41, 5.74) is 4.89. The maximum Gasteiger partial charge on any atom is 0.407 e. The number of piperidine rings is 3. The first kappa shape index (κ1) is 23.2. The standard InChI is InChI=1S/C29H38N2O3/c1-4-17-33-24-8-5-20(6-9-24)22-7-10-25-23(18-22)11-14-29(2,3)27(25)30-28(32)34-26-19-31-15-12-21(26)13-16-31/h5-10,18,21,26-27H,4,11-17,19H2,1-3H3,(H,30,32)/t26-,27-/m0/s1. The van der Waals surface area contributed by atoms with Crippen LogP contribution in [0, 0.1) is 11.3 Å². The van der Waals surface area contributed by atoms with Crippen LogP contribution in [0.4, 0.5) is 4.79 Å². The number of benzene rings is 2. The van der Waals surface area contributed by atoms with Gasteiger partial charge in [-0.25, -0.2) is 4.79 Å². The molecule has 1 amide bonds. The summed E-state index contributed by atoms with van der Waals surface area (Å²) in [6, 6.07) is 15.0. The zero-order chi connectivity index (χ0) is 23.7. The molecular formula is C29H38N2O3. The van der Waals surface area contributed by atoms with E-state index >= 15 is 0 Å². The van der Waals surface area contributed by atoms with Crippen LogP contribution in [-0.4, -0.2) is 43.3 Å². The number of carbonyl (C=O) groups is 1. The van der Waals surface area contributed by atoms with Crippen LogP contribution in [0.2, 0.25) is 0 Å². The average Bonchev–Trinajstić information content (AvgIpc) is 2.85. The van der Waals surface area contributed by atoms with Gasteiger partial charge in [-0.2, -0.15) is 0 Å². The summed E-state index contributed by atoms with van der Waals surface area (Å²) in [5, 5.41) is 3.26. The Bertz CT molecular complexity index is 1010. The number of ether oxygens (including phenoxy) is 2. The zero-order valence-corrected chi connectivity index (χ0v) is 20.8. The molecule has 0 spiro atoms. The van der Waals surface area contributed by atoms with Crippen molar-refractivity contribution in [1.82, 2.24) is 10.2 Å². The predicted molar refractivity (Wildman–Crippen MR) is 135 cm³/mol. The first-order valence-corrected chi connectivity index (χ1v) is 13.0. The minimum Gasteiger partial charge on any atom is -0.494 e. The van der Waals surface area contributed by atoms with Gasteiger partial charge >= 0.3 is 6.09 Å². The summed E-state index contributed by atoms with van der Waals surface area (Å²) < 4.78 is 11.7. The van der Waals surface area contributed by atoms with E-state index in [1.54, 1.807) is 0 Å². The number of hydrogen-bond donors (Lipinski definition) is 1. The number of amides is 1. The third-order valence-electron chi connectivity index (χ3n) is 8.05. The second kappa shape index (κ2) is 9.61. The van der Waals surface area contributed by atoms with Gasteiger partial charge in [-0.15, -0.1) is 0 Å². The zero-order valence-electron chi connectivity index (χ0n) is 20.8. The topological polar surface area (TPSA) is 50.8 Å². The molecule has 0 radical (unpaired) electrons. The molecule has 3 aliphatic heterocycles. The number of hydrogen-bond acceptors (Lipinski definition) is 4. The lowest BCUT2D eigenvalue weighted by Gasteiger charge is -2.44. The summed E-state index contributed by atoms with van der Waals surface area (Å²) in [4.78, 5) is 15.4. The van der Waals surface area contributed by atoms with Gasteiger partial charge < -0.3 is 14.8 Å². The molecule has 5 heteroatoms. The van der Waals surface area contributed by atoms with Gasteiger partial charge in [0.25, 0.3) is 0 Å². The van der Waals surface area contributed by atoms with Crippen LogP contribution < -0.4 is 10.1 Å². The Morgan fingerprint density at radius 2 is 1.82 bits per heavy atom. The van der Waals surface area contributed by atoms with E-state index in [1.807, 2.05) is 12.1 Å². The number of carbonyl (C=O) groups excluding carboxylic acids is 1. The summed E-state index contributed by atoms with van der Waals surface area (Å²) >= 11 is 0. The van der Waals surface area contributed by atoms with Crippen LogP contribution in [0.15, 0.2) is 42.5 Å². The third kappa shape index (κ3) is 4.81. The maximum atomic E-state index is 13.0.